The van der Waals surface area contributed by atoms with Gasteiger partial charge in [0, 0.05) is 10.9 Å². The molecule has 6 nitrogen and oxygen atoms in total. The molecule has 1 saturated carbocycles. The first-order valence-corrected chi connectivity index (χ1v) is 9.63. The Labute approximate surface area is 165 Å². The first-order chi connectivity index (χ1) is 12.9. The summed E-state index contributed by atoms with van der Waals surface area (Å²) in [5, 5.41) is 39.0. The number of nitrogens with one attached hydrogen (secondary N) is 1. The zero-order valence-electron chi connectivity index (χ0n) is 14.7. The van der Waals surface area contributed by atoms with Gasteiger partial charge in [0.05, 0.1) is 24.1 Å². The van der Waals surface area contributed by atoms with E-state index < -0.39 is 28.6 Å². The minimum absolute atomic E-state index is 0.299. The van der Waals surface area contributed by atoms with Crippen molar-refractivity contribution in [2.75, 3.05) is 0 Å². The number of halogens is 1. The van der Waals surface area contributed by atoms with Crippen molar-refractivity contribution >= 4 is 21.8 Å². The Morgan fingerprint density at radius 1 is 1.15 bits per heavy atom. The van der Waals surface area contributed by atoms with Gasteiger partial charge in [-0.15, -0.1) is 0 Å². The molecule has 0 aromatic heterocycles. The highest BCUT2D eigenvalue weighted by molar-refractivity contribution is 9.10. The number of hydrogen-bond acceptors (Lipinski definition) is 6. The Bertz CT molecular complexity index is 927. The second kappa shape index (κ2) is 5.80. The fourth-order valence-electron chi connectivity index (χ4n) is 4.97. The molecule has 0 radical (unpaired) electrons. The van der Waals surface area contributed by atoms with Crippen LogP contribution < -0.4 is 0 Å². The molecule has 5 unspecified atom stereocenters. The zero-order chi connectivity index (χ0) is 19.4. The molecule has 2 saturated heterocycles. The van der Waals surface area contributed by atoms with E-state index in [1.807, 2.05) is 0 Å². The summed E-state index contributed by atoms with van der Waals surface area (Å²) in [6, 6.07) is 13.5. The van der Waals surface area contributed by atoms with E-state index in [4.69, 9.17) is 14.9 Å². The van der Waals surface area contributed by atoms with Crippen LogP contribution in [0.1, 0.15) is 37.9 Å². The maximum absolute atomic E-state index is 10.2. The van der Waals surface area contributed by atoms with Crippen LogP contribution in [0.2, 0.25) is 0 Å². The van der Waals surface area contributed by atoms with Crippen LogP contribution >= 0.6 is 15.9 Å². The van der Waals surface area contributed by atoms with Crippen LogP contribution in [-0.4, -0.2) is 11.7 Å². The first-order valence-electron chi connectivity index (χ1n) is 8.84. The summed E-state index contributed by atoms with van der Waals surface area (Å²) >= 11 is 3.38. The third kappa shape index (κ3) is 2.03. The minimum Gasteiger partial charge on any atom is -0.447 e. The Balaban J connectivity index is 1.98. The molecule has 7 heteroatoms. The summed E-state index contributed by atoms with van der Waals surface area (Å²) in [7, 11) is 0. The van der Waals surface area contributed by atoms with Crippen LogP contribution in [0.25, 0.3) is 0 Å². The van der Waals surface area contributed by atoms with Crippen molar-refractivity contribution in [2.45, 2.75) is 38.1 Å². The summed E-state index contributed by atoms with van der Waals surface area (Å²) < 4.78 is 13.1. The molecule has 4 rings (SSSR count). The highest BCUT2D eigenvalue weighted by Crippen LogP contribution is 2.69. The van der Waals surface area contributed by atoms with E-state index in [1.165, 1.54) is 0 Å². The molecule has 2 aliphatic heterocycles. The van der Waals surface area contributed by atoms with Crippen LogP contribution in [0.15, 0.2) is 28.7 Å². The second-order valence-electron chi connectivity index (χ2n) is 7.68. The zero-order valence-corrected chi connectivity index (χ0v) is 16.3. The van der Waals surface area contributed by atoms with Gasteiger partial charge in [-0.25, -0.2) is 0 Å². The van der Waals surface area contributed by atoms with Gasteiger partial charge in [-0.1, -0.05) is 35.0 Å². The number of nitrogens with zero attached hydrogens (tertiary/aromatic N) is 3. The topological polar surface area (TPSA) is 114 Å². The molecule has 2 heterocycles. The van der Waals surface area contributed by atoms with Crippen molar-refractivity contribution in [3.05, 3.63) is 34.3 Å². The largest absolute Gasteiger partial charge is 0.447 e. The standard InChI is InChI=1S/C20H17BrN4O2/c1-12-6-7-20-15(8-12)19(11-24,17(25)27-20)18(9-22,10-23)16(26-20)13-2-4-14(21)5-3-13/h2-5,12,15-16,25H,6-8H2,1H3. The van der Waals surface area contributed by atoms with Crippen molar-refractivity contribution in [3.8, 4) is 18.2 Å². The molecular weight excluding hydrogens is 408 g/mol. The fourth-order valence-corrected chi connectivity index (χ4v) is 5.23. The van der Waals surface area contributed by atoms with Crippen LogP contribution in [0.5, 0.6) is 0 Å². The summed E-state index contributed by atoms with van der Waals surface area (Å²) in [5.74, 6) is -1.66. The molecule has 1 aliphatic carbocycles. The van der Waals surface area contributed by atoms with Gasteiger partial charge < -0.3 is 9.47 Å². The SMILES string of the molecule is CC1CCC23OC(=N)C(C#N)(C2C1)C(C#N)(C#N)C(c1ccc(Br)cc1)O3. The summed E-state index contributed by atoms with van der Waals surface area (Å²) in [6.07, 6.45) is 0.969. The number of ether oxygens (including phenoxy) is 2. The lowest BCUT2D eigenvalue weighted by atomic mass is 9.51. The third-order valence-electron chi connectivity index (χ3n) is 6.34. The van der Waals surface area contributed by atoms with Gasteiger partial charge in [-0.2, -0.15) is 15.8 Å². The highest BCUT2D eigenvalue weighted by Gasteiger charge is 2.80. The van der Waals surface area contributed by atoms with Gasteiger partial charge in [0.2, 0.25) is 17.1 Å². The van der Waals surface area contributed by atoms with E-state index in [1.54, 1.807) is 24.3 Å². The van der Waals surface area contributed by atoms with Gasteiger partial charge in [0.25, 0.3) is 0 Å². The first kappa shape index (κ1) is 18.0. The summed E-state index contributed by atoms with van der Waals surface area (Å²) in [6.45, 7) is 2.07. The summed E-state index contributed by atoms with van der Waals surface area (Å²) in [5.41, 5.74) is -2.90. The highest BCUT2D eigenvalue weighted by atomic mass is 79.9. The number of hydrogen-bond donors (Lipinski definition) is 1. The van der Waals surface area contributed by atoms with E-state index in [9.17, 15) is 15.8 Å². The lowest BCUT2D eigenvalue weighted by molar-refractivity contribution is -0.298. The van der Waals surface area contributed by atoms with Crippen molar-refractivity contribution in [3.63, 3.8) is 0 Å². The van der Waals surface area contributed by atoms with Crippen LogP contribution in [0.3, 0.4) is 0 Å². The van der Waals surface area contributed by atoms with Gasteiger partial charge in [0.15, 0.2) is 5.41 Å². The van der Waals surface area contributed by atoms with Crippen molar-refractivity contribution < 1.29 is 9.47 Å². The number of benzene rings is 1. The lowest BCUT2D eigenvalue weighted by Gasteiger charge is -2.52. The number of rotatable bonds is 1. The molecule has 1 aromatic carbocycles. The van der Waals surface area contributed by atoms with Crippen LogP contribution in [0, 0.1) is 62.1 Å². The molecule has 1 N–H and O–H groups in total. The smallest absolute Gasteiger partial charge is 0.217 e. The Hall–Kier alpha value is -2.40. The Kier molecular flexibility index (Phi) is 3.86. The van der Waals surface area contributed by atoms with Gasteiger partial charge >= 0.3 is 0 Å². The van der Waals surface area contributed by atoms with E-state index >= 15 is 0 Å². The Morgan fingerprint density at radius 3 is 2.41 bits per heavy atom. The van der Waals surface area contributed by atoms with Gasteiger partial charge in [-0.05, 0) is 36.5 Å². The number of nitriles is 3. The molecule has 1 aromatic rings. The second-order valence-corrected chi connectivity index (χ2v) is 8.59. The lowest BCUT2D eigenvalue weighted by Crippen LogP contribution is -2.60. The molecular formula is C20H17BrN4O2. The average Bonchev–Trinajstić information content (AvgIpc) is 2.86. The summed E-state index contributed by atoms with van der Waals surface area (Å²) in [4.78, 5) is 0. The van der Waals surface area contributed by atoms with Crippen molar-refractivity contribution in [1.29, 1.82) is 21.2 Å². The predicted molar refractivity (Wildman–Crippen MR) is 97.7 cm³/mol. The monoisotopic (exact) mass is 424 g/mol. The molecule has 3 aliphatic rings. The van der Waals surface area contributed by atoms with E-state index in [2.05, 4.69) is 41.1 Å². The molecule has 3 fully saturated rings. The molecule has 5 atom stereocenters. The maximum atomic E-state index is 10.2. The molecule has 27 heavy (non-hydrogen) atoms. The quantitative estimate of drug-likeness (QED) is 0.724. The van der Waals surface area contributed by atoms with E-state index in [0.717, 1.165) is 10.9 Å². The van der Waals surface area contributed by atoms with Crippen LogP contribution in [0.4, 0.5) is 0 Å². The van der Waals surface area contributed by atoms with Gasteiger partial charge in [-0.3, -0.25) is 5.41 Å². The molecule has 0 amide bonds. The van der Waals surface area contributed by atoms with Crippen LogP contribution in [-0.2, 0) is 9.47 Å². The van der Waals surface area contributed by atoms with Crippen molar-refractivity contribution in [1.82, 2.24) is 0 Å². The normalized spacial score (nSPS) is 38.6. The Morgan fingerprint density at radius 2 is 1.81 bits per heavy atom. The predicted octanol–water partition coefficient (Wildman–Crippen LogP) is 4.20. The molecule has 2 bridgehead atoms. The minimum atomic E-state index is -1.87. The van der Waals surface area contributed by atoms with Crippen molar-refractivity contribution in [2.24, 2.45) is 22.7 Å². The molecule has 0 spiro atoms. The van der Waals surface area contributed by atoms with E-state index in [0.29, 0.717) is 24.3 Å². The molecule has 136 valence electrons. The van der Waals surface area contributed by atoms with E-state index in [-0.39, 0.29) is 5.90 Å². The van der Waals surface area contributed by atoms with Gasteiger partial charge in [0.1, 0.15) is 6.10 Å². The third-order valence-corrected chi connectivity index (χ3v) is 6.87. The fraction of sp³-hybridized carbons (Fsp3) is 0.500. The average molecular weight is 425 g/mol. The maximum Gasteiger partial charge on any atom is 0.217 e.